The maximum absolute atomic E-state index is 6.15. The van der Waals surface area contributed by atoms with E-state index in [4.69, 9.17) is 5.73 Å². The first-order valence-corrected chi connectivity index (χ1v) is 7.37. The van der Waals surface area contributed by atoms with Crippen LogP contribution in [0.15, 0.2) is 41.8 Å². The zero-order chi connectivity index (χ0) is 14.8. The zero-order valence-electron chi connectivity index (χ0n) is 12.5. The van der Waals surface area contributed by atoms with Gasteiger partial charge in [0.05, 0.1) is 30.8 Å². The predicted molar refractivity (Wildman–Crippen MR) is 85.4 cm³/mol. The van der Waals surface area contributed by atoms with E-state index in [2.05, 4.69) is 45.4 Å². The first-order chi connectivity index (χ1) is 10.2. The summed E-state index contributed by atoms with van der Waals surface area (Å²) < 4.78 is 2.20. The fourth-order valence-electron chi connectivity index (χ4n) is 2.88. The molecule has 21 heavy (non-hydrogen) atoms. The number of anilines is 1. The first-order valence-electron chi connectivity index (χ1n) is 7.37. The van der Waals surface area contributed by atoms with Crippen molar-refractivity contribution in [3.8, 4) is 0 Å². The standard InChI is InChI=1S/C16H21N5/c1-3-8-20-11-18-9-14(20)15-10-19-16(17)21(15)13-7-5-4-6-12(13)2/h4-7,9,11,15H,3,8,10H2,1-2H3,(H2,17,19). The Balaban J connectivity index is 1.99. The maximum Gasteiger partial charge on any atom is 0.196 e. The van der Waals surface area contributed by atoms with Crippen molar-refractivity contribution in [3.63, 3.8) is 0 Å². The van der Waals surface area contributed by atoms with E-state index >= 15 is 0 Å². The number of rotatable bonds is 4. The summed E-state index contributed by atoms with van der Waals surface area (Å²) in [7, 11) is 0. The Labute approximate surface area is 125 Å². The number of aromatic nitrogens is 2. The monoisotopic (exact) mass is 283 g/mol. The smallest absolute Gasteiger partial charge is 0.196 e. The van der Waals surface area contributed by atoms with Crippen LogP contribution >= 0.6 is 0 Å². The second-order valence-electron chi connectivity index (χ2n) is 5.38. The Bertz CT molecular complexity index is 658. The molecule has 0 bridgehead atoms. The van der Waals surface area contributed by atoms with E-state index in [0.29, 0.717) is 12.5 Å². The highest BCUT2D eigenvalue weighted by Gasteiger charge is 2.31. The van der Waals surface area contributed by atoms with Gasteiger partial charge in [0.25, 0.3) is 0 Å². The number of hydrogen-bond donors (Lipinski definition) is 1. The third-order valence-electron chi connectivity index (χ3n) is 3.91. The summed E-state index contributed by atoms with van der Waals surface area (Å²) in [5.74, 6) is 0.582. The molecule has 0 saturated carbocycles. The number of imidazole rings is 1. The molecule has 110 valence electrons. The normalized spacial score (nSPS) is 18.1. The van der Waals surface area contributed by atoms with Gasteiger partial charge in [-0.25, -0.2) is 4.98 Å². The van der Waals surface area contributed by atoms with Gasteiger partial charge in [-0.1, -0.05) is 25.1 Å². The molecule has 0 fully saturated rings. The largest absolute Gasteiger partial charge is 0.369 e. The number of guanidine groups is 1. The second kappa shape index (κ2) is 5.60. The Hall–Kier alpha value is -2.30. The molecule has 0 saturated heterocycles. The molecule has 2 aromatic rings. The zero-order valence-corrected chi connectivity index (χ0v) is 12.5. The highest BCUT2D eigenvalue weighted by Crippen LogP contribution is 2.32. The van der Waals surface area contributed by atoms with E-state index in [-0.39, 0.29) is 6.04 Å². The van der Waals surface area contributed by atoms with Gasteiger partial charge < -0.3 is 15.2 Å². The summed E-state index contributed by atoms with van der Waals surface area (Å²) in [5, 5.41) is 0. The van der Waals surface area contributed by atoms with Gasteiger partial charge in [-0.2, -0.15) is 0 Å². The number of nitrogens with two attached hydrogens (primary N) is 1. The van der Waals surface area contributed by atoms with Gasteiger partial charge >= 0.3 is 0 Å². The molecule has 1 aliphatic heterocycles. The van der Waals surface area contributed by atoms with Gasteiger partial charge in [0, 0.05) is 12.2 Å². The predicted octanol–water partition coefficient (Wildman–Crippen LogP) is 2.48. The summed E-state index contributed by atoms with van der Waals surface area (Å²) in [6.45, 7) is 5.91. The summed E-state index contributed by atoms with van der Waals surface area (Å²) in [5.41, 5.74) is 9.63. The van der Waals surface area contributed by atoms with Gasteiger partial charge in [-0.05, 0) is 25.0 Å². The van der Waals surface area contributed by atoms with Crippen LogP contribution in [-0.2, 0) is 6.54 Å². The van der Waals surface area contributed by atoms with Crippen molar-refractivity contribution in [1.29, 1.82) is 0 Å². The van der Waals surface area contributed by atoms with E-state index in [1.807, 2.05) is 24.7 Å². The van der Waals surface area contributed by atoms with E-state index < -0.39 is 0 Å². The van der Waals surface area contributed by atoms with E-state index in [9.17, 15) is 0 Å². The van der Waals surface area contributed by atoms with Crippen molar-refractivity contribution in [2.75, 3.05) is 11.4 Å². The minimum atomic E-state index is 0.125. The van der Waals surface area contributed by atoms with Gasteiger partial charge in [-0.3, -0.25) is 4.99 Å². The molecule has 1 aromatic heterocycles. The number of aryl methyl sites for hydroxylation is 2. The van der Waals surface area contributed by atoms with Crippen molar-refractivity contribution in [2.45, 2.75) is 32.9 Å². The van der Waals surface area contributed by atoms with E-state index in [1.54, 1.807) is 0 Å². The Morgan fingerprint density at radius 3 is 2.90 bits per heavy atom. The number of hydrogen-bond acceptors (Lipinski definition) is 4. The van der Waals surface area contributed by atoms with Crippen LogP contribution < -0.4 is 10.6 Å². The molecule has 0 spiro atoms. The Kier molecular flexibility index (Phi) is 3.64. The third-order valence-corrected chi connectivity index (χ3v) is 3.91. The van der Waals surface area contributed by atoms with E-state index in [0.717, 1.165) is 18.7 Å². The molecule has 5 heteroatoms. The minimum absolute atomic E-state index is 0.125. The van der Waals surface area contributed by atoms with Crippen LogP contribution in [0.5, 0.6) is 0 Å². The van der Waals surface area contributed by atoms with Crippen molar-refractivity contribution in [1.82, 2.24) is 9.55 Å². The molecule has 0 amide bonds. The Morgan fingerprint density at radius 1 is 1.33 bits per heavy atom. The van der Waals surface area contributed by atoms with Crippen LogP contribution in [0.3, 0.4) is 0 Å². The van der Waals surface area contributed by atoms with Crippen molar-refractivity contribution in [3.05, 3.63) is 48.0 Å². The molecule has 2 heterocycles. The lowest BCUT2D eigenvalue weighted by atomic mass is 10.1. The second-order valence-corrected chi connectivity index (χ2v) is 5.38. The molecular weight excluding hydrogens is 262 g/mol. The van der Waals surface area contributed by atoms with Crippen molar-refractivity contribution < 1.29 is 0 Å². The molecule has 1 atom stereocenters. The molecule has 2 N–H and O–H groups in total. The van der Waals surface area contributed by atoms with Crippen molar-refractivity contribution in [2.24, 2.45) is 10.7 Å². The molecule has 1 aromatic carbocycles. The first kappa shape index (κ1) is 13.7. The lowest BCUT2D eigenvalue weighted by Crippen LogP contribution is -2.37. The molecule has 1 unspecified atom stereocenters. The summed E-state index contributed by atoms with van der Waals surface area (Å²) in [6, 6.07) is 8.39. The lowest BCUT2D eigenvalue weighted by molar-refractivity contribution is 0.606. The summed E-state index contributed by atoms with van der Waals surface area (Å²) >= 11 is 0. The molecule has 0 radical (unpaired) electrons. The lowest BCUT2D eigenvalue weighted by Gasteiger charge is -2.28. The quantitative estimate of drug-likeness (QED) is 0.937. The molecule has 1 aliphatic rings. The van der Waals surface area contributed by atoms with Crippen LogP contribution in [0.1, 0.15) is 30.6 Å². The Morgan fingerprint density at radius 2 is 2.14 bits per heavy atom. The van der Waals surface area contributed by atoms with Crippen LogP contribution in [0.4, 0.5) is 5.69 Å². The molecule has 5 nitrogen and oxygen atoms in total. The minimum Gasteiger partial charge on any atom is -0.369 e. The molecule has 0 aliphatic carbocycles. The van der Waals surface area contributed by atoms with Gasteiger partial charge in [0.2, 0.25) is 0 Å². The number of aliphatic imine (C=N–C) groups is 1. The molecular formula is C16H21N5. The fraction of sp³-hybridized carbons (Fsp3) is 0.375. The number of para-hydroxylation sites is 1. The van der Waals surface area contributed by atoms with Gasteiger partial charge in [-0.15, -0.1) is 0 Å². The molecule has 3 rings (SSSR count). The highest BCUT2D eigenvalue weighted by molar-refractivity contribution is 5.98. The average Bonchev–Trinajstić information content (AvgIpc) is 3.07. The average molecular weight is 283 g/mol. The number of nitrogens with zero attached hydrogens (tertiary/aromatic N) is 4. The fourth-order valence-corrected chi connectivity index (χ4v) is 2.88. The van der Waals surface area contributed by atoms with Gasteiger partial charge in [0.1, 0.15) is 0 Å². The maximum atomic E-state index is 6.15. The number of benzene rings is 1. The third kappa shape index (κ3) is 2.39. The topological polar surface area (TPSA) is 59.4 Å². The van der Waals surface area contributed by atoms with Crippen LogP contribution in [-0.4, -0.2) is 22.1 Å². The van der Waals surface area contributed by atoms with Gasteiger partial charge in [0.15, 0.2) is 5.96 Å². The van der Waals surface area contributed by atoms with Crippen LogP contribution in [0.25, 0.3) is 0 Å². The summed E-state index contributed by atoms with van der Waals surface area (Å²) in [4.78, 5) is 10.9. The van der Waals surface area contributed by atoms with Crippen molar-refractivity contribution >= 4 is 11.6 Å². The van der Waals surface area contributed by atoms with Crippen LogP contribution in [0, 0.1) is 6.92 Å². The van der Waals surface area contributed by atoms with Crippen LogP contribution in [0.2, 0.25) is 0 Å². The van der Waals surface area contributed by atoms with E-state index in [1.165, 1.54) is 11.3 Å². The SMILES string of the molecule is CCCn1cncc1C1CN=C(N)N1c1ccccc1C. The highest BCUT2D eigenvalue weighted by atomic mass is 15.3. The summed E-state index contributed by atoms with van der Waals surface area (Å²) in [6.07, 6.45) is 4.90.